The van der Waals surface area contributed by atoms with Gasteiger partial charge in [0.2, 0.25) is 0 Å². The molecule has 1 spiro atoms. The fourth-order valence-corrected chi connectivity index (χ4v) is 7.03. The van der Waals surface area contributed by atoms with Gasteiger partial charge in [-0.2, -0.15) is 0 Å². The lowest BCUT2D eigenvalue weighted by Gasteiger charge is -2.44. The Kier molecular flexibility index (Phi) is 3.93. The number of aromatic nitrogens is 2. The second-order valence-corrected chi connectivity index (χ2v) is 10.4. The largest absolute Gasteiger partial charge is 0.481 e. The number of nitrogens with one attached hydrogen (secondary N) is 1. The minimum atomic E-state index is -0.595. The Bertz CT molecular complexity index is 975. The van der Waals surface area contributed by atoms with Gasteiger partial charge in [0, 0.05) is 36.9 Å². The number of nitrogens with zero attached hydrogens (tertiary/aromatic N) is 3. The van der Waals surface area contributed by atoms with E-state index < -0.39 is 5.97 Å². The van der Waals surface area contributed by atoms with Crippen LogP contribution in [0.1, 0.15) is 31.2 Å². The normalized spacial score (nSPS) is 32.2. The lowest BCUT2D eigenvalue weighted by atomic mass is 9.60. The van der Waals surface area contributed by atoms with Gasteiger partial charge in [-0.1, -0.05) is 17.8 Å². The molecule has 3 fully saturated rings. The first-order valence-electron chi connectivity index (χ1n) is 10.4. The Hall–Kier alpha value is -2.12. The van der Waals surface area contributed by atoms with Gasteiger partial charge < -0.3 is 10.4 Å². The number of anilines is 2. The van der Waals surface area contributed by atoms with E-state index in [0.717, 1.165) is 60.8 Å². The molecule has 3 heterocycles. The molecule has 0 bridgehead atoms. The topological polar surface area (TPSA) is 78.4 Å². The number of aliphatic carboxylic acids is 1. The van der Waals surface area contributed by atoms with Crippen molar-refractivity contribution in [2.75, 3.05) is 18.4 Å². The van der Waals surface area contributed by atoms with Crippen molar-refractivity contribution in [3.63, 3.8) is 0 Å². The number of carboxylic acid groups (broad SMARTS) is 1. The zero-order chi connectivity index (χ0) is 19.6. The van der Waals surface area contributed by atoms with Gasteiger partial charge >= 0.3 is 5.97 Å². The Labute approximate surface area is 174 Å². The maximum atomic E-state index is 11.2. The maximum Gasteiger partial charge on any atom is 0.306 e. The number of carboxylic acids is 1. The molecule has 1 saturated heterocycles. The molecule has 2 atom stereocenters. The van der Waals surface area contributed by atoms with Crippen molar-refractivity contribution in [3.8, 4) is 0 Å². The average Bonchev–Trinajstić information content (AvgIpc) is 3.20. The fraction of sp³-hybridized carbons (Fsp3) is 0.500. The molecule has 2 unspecified atom stereocenters. The first kappa shape index (κ1) is 17.7. The first-order chi connectivity index (χ1) is 14.1. The summed E-state index contributed by atoms with van der Waals surface area (Å²) in [4.78, 5) is 23.7. The molecule has 6 nitrogen and oxygen atoms in total. The van der Waals surface area contributed by atoms with Gasteiger partial charge in [-0.25, -0.2) is 9.97 Å². The van der Waals surface area contributed by atoms with Crippen LogP contribution in [0, 0.1) is 23.2 Å². The average molecular weight is 409 g/mol. The van der Waals surface area contributed by atoms with Gasteiger partial charge in [0.1, 0.15) is 5.03 Å². The van der Waals surface area contributed by atoms with Crippen molar-refractivity contribution in [2.24, 2.45) is 23.2 Å². The molecule has 0 radical (unpaired) electrons. The lowest BCUT2D eigenvalue weighted by Crippen LogP contribution is -2.40. The Balaban J connectivity index is 1.10. The third kappa shape index (κ3) is 3.02. The van der Waals surface area contributed by atoms with E-state index in [1.807, 2.05) is 0 Å². The van der Waals surface area contributed by atoms with Crippen LogP contribution in [0.3, 0.4) is 0 Å². The lowest BCUT2D eigenvalue weighted by molar-refractivity contribution is -0.150. The van der Waals surface area contributed by atoms with E-state index in [0.29, 0.717) is 5.41 Å². The van der Waals surface area contributed by atoms with Crippen LogP contribution in [0.15, 0.2) is 40.5 Å². The predicted octanol–water partition coefficient (Wildman–Crippen LogP) is 4.01. The Morgan fingerprint density at radius 3 is 2.69 bits per heavy atom. The molecule has 4 aliphatic rings. The summed E-state index contributed by atoms with van der Waals surface area (Å²) < 4.78 is 0. The van der Waals surface area contributed by atoms with Crippen LogP contribution < -0.4 is 5.32 Å². The van der Waals surface area contributed by atoms with Crippen molar-refractivity contribution < 1.29 is 9.90 Å². The number of carbonyl (C=O) groups is 1. The fourth-order valence-electron chi connectivity index (χ4n) is 6.15. The van der Waals surface area contributed by atoms with Crippen LogP contribution in [0.4, 0.5) is 11.5 Å². The summed E-state index contributed by atoms with van der Waals surface area (Å²) >= 11 is 1.67. The number of fused-ring (bicyclic) bond motifs is 3. The number of rotatable bonds is 3. The maximum absolute atomic E-state index is 11.2. The second kappa shape index (κ2) is 6.44. The van der Waals surface area contributed by atoms with E-state index in [-0.39, 0.29) is 5.92 Å². The molecule has 7 heteroatoms. The van der Waals surface area contributed by atoms with Crippen molar-refractivity contribution in [1.82, 2.24) is 14.9 Å². The van der Waals surface area contributed by atoms with Crippen LogP contribution in [-0.4, -0.2) is 39.0 Å². The minimum Gasteiger partial charge on any atom is -0.481 e. The Morgan fingerprint density at radius 2 is 1.93 bits per heavy atom. The van der Waals surface area contributed by atoms with E-state index >= 15 is 0 Å². The highest BCUT2D eigenvalue weighted by Crippen LogP contribution is 2.61. The zero-order valence-corrected chi connectivity index (χ0v) is 17.0. The summed E-state index contributed by atoms with van der Waals surface area (Å²) in [6.07, 6.45) is 7.73. The van der Waals surface area contributed by atoms with Crippen LogP contribution in [0.25, 0.3) is 0 Å². The van der Waals surface area contributed by atoms with Gasteiger partial charge in [-0.3, -0.25) is 9.69 Å². The molecule has 0 amide bonds. The smallest absolute Gasteiger partial charge is 0.306 e. The molecule has 2 aliphatic carbocycles. The second-order valence-electron chi connectivity index (χ2n) is 9.33. The number of likely N-dealkylation sites (tertiary alicyclic amines) is 1. The van der Waals surface area contributed by atoms with Crippen LogP contribution in [-0.2, 0) is 11.3 Å². The van der Waals surface area contributed by atoms with Crippen molar-refractivity contribution in [2.45, 2.75) is 42.1 Å². The third-order valence-corrected chi connectivity index (χ3v) is 8.39. The third-order valence-electron chi connectivity index (χ3n) is 7.33. The van der Waals surface area contributed by atoms with Crippen molar-refractivity contribution in [1.29, 1.82) is 0 Å². The first-order valence-corrected chi connectivity index (χ1v) is 11.2. The summed E-state index contributed by atoms with van der Waals surface area (Å²) in [7, 11) is 0. The molecule has 29 heavy (non-hydrogen) atoms. The van der Waals surface area contributed by atoms with Gasteiger partial charge in [0.05, 0.1) is 11.6 Å². The molecule has 1 aromatic heterocycles. The van der Waals surface area contributed by atoms with E-state index in [2.05, 4.69) is 38.4 Å². The quantitative estimate of drug-likeness (QED) is 0.678. The molecule has 6 rings (SSSR count). The monoisotopic (exact) mass is 408 g/mol. The predicted molar refractivity (Wildman–Crippen MR) is 110 cm³/mol. The highest BCUT2D eigenvalue weighted by molar-refractivity contribution is 7.99. The van der Waals surface area contributed by atoms with E-state index in [1.165, 1.54) is 23.3 Å². The SMILES string of the molecule is O=C(O)C1CC2(C1)CC1CN(Cc3ccc4c(c3)Nc3nccnc3S4)CC1C2. The zero-order valence-electron chi connectivity index (χ0n) is 16.2. The van der Waals surface area contributed by atoms with Crippen LogP contribution >= 0.6 is 11.8 Å². The van der Waals surface area contributed by atoms with Gasteiger partial charge in [-0.05, 0) is 60.6 Å². The molecular weight excluding hydrogens is 384 g/mol. The molecule has 2 aromatic rings. The summed E-state index contributed by atoms with van der Waals surface area (Å²) in [5.41, 5.74) is 2.80. The molecule has 2 saturated carbocycles. The summed E-state index contributed by atoms with van der Waals surface area (Å²) in [5, 5.41) is 13.6. The van der Waals surface area contributed by atoms with Crippen molar-refractivity contribution >= 4 is 29.2 Å². The summed E-state index contributed by atoms with van der Waals surface area (Å²) in [5.74, 6) is 1.66. The van der Waals surface area contributed by atoms with Crippen molar-refractivity contribution in [3.05, 3.63) is 36.2 Å². The van der Waals surface area contributed by atoms with E-state index in [4.69, 9.17) is 0 Å². The Morgan fingerprint density at radius 1 is 1.17 bits per heavy atom. The van der Waals surface area contributed by atoms with Gasteiger partial charge in [-0.15, -0.1) is 0 Å². The molecular formula is C22H24N4O2S. The van der Waals surface area contributed by atoms with Gasteiger partial charge in [0.15, 0.2) is 5.82 Å². The van der Waals surface area contributed by atoms with Crippen LogP contribution in [0.5, 0.6) is 0 Å². The highest BCUT2D eigenvalue weighted by atomic mass is 32.2. The molecule has 1 aromatic carbocycles. The summed E-state index contributed by atoms with van der Waals surface area (Å²) in [6, 6.07) is 6.67. The van der Waals surface area contributed by atoms with Crippen LogP contribution in [0.2, 0.25) is 0 Å². The number of benzene rings is 1. The van der Waals surface area contributed by atoms with E-state index in [9.17, 15) is 9.90 Å². The number of hydrogen-bond donors (Lipinski definition) is 2. The standard InChI is InChI=1S/C22H24N4O2S/c27-21(28)14-6-22(7-14)8-15-11-26(12-16(15)9-22)10-13-1-2-18-17(5-13)25-19-20(29-18)24-4-3-23-19/h1-5,14-16H,6-12H2,(H,23,25)(H,27,28). The summed E-state index contributed by atoms with van der Waals surface area (Å²) in [6.45, 7) is 3.28. The molecule has 2 aliphatic heterocycles. The van der Waals surface area contributed by atoms with E-state index in [1.54, 1.807) is 24.2 Å². The highest BCUT2D eigenvalue weighted by Gasteiger charge is 2.56. The number of hydrogen-bond acceptors (Lipinski definition) is 6. The molecule has 150 valence electrons. The minimum absolute atomic E-state index is 0.0828. The molecule has 2 N–H and O–H groups in total. The van der Waals surface area contributed by atoms with Gasteiger partial charge in [0.25, 0.3) is 0 Å².